The van der Waals surface area contributed by atoms with Crippen molar-refractivity contribution in [3.05, 3.63) is 87.6 Å². The molecule has 1 aliphatic rings. The van der Waals surface area contributed by atoms with Crippen LogP contribution in [0, 0.1) is 18.6 Å². The van der Waals surface area contributed by atoms with Gasteiger partial charge in [-0.25, -0.2) is 13.8 Å². The van der Waals surface area contributed by atoms with Crippen LogP contribution in [0.3, 0.4) is 0 Å². The van der Waals surface area contributed by atoms with Crippen molar-refractivity contribution >= 4 is 23.3 Å². The van der Waals surface area contributed by atoms with E-state index >= 15 is 0 Å². The topological polar surface area (TPSA) is 66.4 Å². The van der Waals surface area contributed by atoms with Crippen LogP contribution < -0.4 is 10.6 Å². The molecule has 2 N–H and O–H groups in total. The van der Waals surface area contributed by atoms with Gasteiger partial charge >= 0.3 is 0 Å². The minimum atomic E-state index is -0.452. The van der Waals surface area contributed by atoms with E-state index in [1.807, 2.05) is 13.0 Å². The molecule has 0 fully saturated rings. The third-order valence-corrected chi connectivity index (χ3v) is 6.04. The zero-order chi connectivity index (χ0) is 24.2. The maximum absolute atomic E-state index is 13.6. The molecule has 176 valence electrons. The molecule has 1 aliphatic heterocycles. The van der Waals surface area contributed by atoms with Crippen LogP contribution in [-0.2, 0) is 6.54 Å². The number of halogens is 3. The van der Waals surface area contributed by atoms with Crippen LogP contribution in [0.1, 0.15) is 53.0 Å². The van der Waals surface area contributed by atoms with Crippen LogP contribution >= 0.6 is 11.6 Å². The molecule has 0 unspecified atom stereocenters. The number of carbonyl (C=O) groups excluding carboxylic acids is 1. The summed E-state index contributed by atoms with van der Waals surface area (Å²) in [6, 6.07) is 12.0. The molecule has 3 aromatic rings. The van der Waals surface area contributed by atoms with E-state index in [1.54, 1.807) is 31.2 Å². The molecule has 0 aliphatic carbocycles. The van der Waals surface area contributed by atoms with E-state index in [2.05, 4.69) is 20.6 Å². The highest BCUT2D eigenvalue weighted by atomic mass is 35.5. The number of hydrogen-bond acceptors (Lipinski definition) is 4. The molecule has 5 nitrogen and oxygen atoms in total. The number of benzene rings is 2. The van der Waals surface area contributed by atoms with Crippen LogP contribution in [0.4, 0.5) is 8.78 Å². The first-order chi connectivity index (χ1) is 16.3. The summed E-state index contributed by atoms with van der Waals surface area (Å²) in [5, 5.41) is 6.44. The van der Waals surface area contributed by atoms with Gasteiger partial charge in [-0.15, -0.1) is 0 Å². The predicted octanol–water partition coefficient (Wildman–Crippen LogP) is 5.76. The summed E-state index contributed by atoms with van der Waals surface area (Å²) < 4.78 is 27.2. The van der Waals surface area contributed by atoms with Crippen LogP contribution in [0.25, 0.3) is 11.3 Å². The molecule has 0 radical (unpaired) electrons. The van der Waals surface area contributed by atoms with E-state index in [4.69, 9.17) is 11.6 Å². The maximum Gasteiger partial charge on any atom is 0.270 e. The lowest BCUT2D eigenvalue weighted by Crippen LogP contribution is -2.28. The lowest BCUT2D eigenvalue weighted by atomic mass is 10.0. The van der Waals surface area contributed by atoms with Gasteiger partial charge < -0.3 is 10.6 Å². The molecule has 8 heteroatoms. The van der Waals surface area contributed by atoms with Crippen molar-refractivity contribution in [2.75, 3.05) is 6.54 Å². The number of aryl methyl sites for hydroxylation is 1. The van der Waals surface area contributed by atoms with Crippen molar-refractivity contribution in [3.63, 3.8) is 0 Å². The van der Waals surface area contributed by atoms with Crippen LogP contribution in [0.5, 0.6) is 0 Å². The molecule has 0 saturated carbocycles. The Bertz CT molecular complexity index is 1260. The van der Waals surface area contributed by atoms with E-state index in [0.29, 0.717) is 23.4 Å². The van der Waals surface area contributed by atoms with Gasteiger partial charge in [0, 0.05) is 25.1 Å². The summed E-state index contributed by atoms with van der Waals surface area (Å²) in [6.07, 6.45) is 1.91. The maximum atomic E-state index is 13.6. The lowest BCUT2D eigenvalue weighted by Gasteiger charge is -2.16. The molecule has 0 bridgehead atoms. The molecule has 2 heterocycles. The van der Waals surface area contributed by atoms with Crippen molar-refractivity contribution in [3.8, 4) is 11.3 Å². The number of nitrogens with zero attached hydrogens (tertiary/aromatic N) is 2. The highest BCUT2D eigenvalue weighted by Gasteiger charge is 2.17. The number of hydrogen-bond donors (Lipinski definition) is 2. The molecule has 1 amide bonds. The third-order valence-electron chi connectivity index (χ3n) is 5.73. The van der Waals surface area contributed by atoms with E-state index < -0.39 is 5.82 Å². The number of rotatable bonds is 6. The second-order valence-corrected chi connectivity index (χ2v) is 8.77. The Morgan fingerprint density at radius 2 is 1.97 bits per heavy atom. The fourth-order valence-corrected chi connectivity index (χ4v) is 4.08. The van der Waals surface area contributed by atoms with Gasteiger partial charge in [0.25, 0.3) is 5.91 Å². The van der Waals surface area contributed by atoms with Gasteiger partial charge in [-0.2, -0.15) is 0 Å². The largest absolute Gasteiger partial charge is 0.370 e. The van der Waals surface area contributed by atoms with E-state index in [0.717, 1.165) is 36.3 Å². The summed E-state index contributed by atoms with van der Waals surface area (Å²) in [7, 11) is 0. The molecule has 4 rings (SSSR count). The quantitative estimate of drug-likeness (QED) is 0.469. The SMILES string of the molecule is Cc1cc([C@H](C)NC(=O)c2cc(CNC3=NCCC3)cc(-c3ccc(F)cc3Cl)n2)ccc1F. The standard InChI is InChI=1S/C26H25ClF2N4O/c1-15-10-18(5-8-22(15)29)16(2)32-26(34)24-12-17(14-31-25-4-3-9-30-25)11-23(33-24)20-7-6-19(28)13-21(20)27/h5-8,10-13,16H,3-4,9,14H2,1-2H3,(H,30,31)(H,32,34)/t16-/m0/s1. The van der Waals surface area contributed by atoms with E-state index in [9.17, 15) is 13.6 Å². The third kappa shape index (κ3) is 5.59. The second-order valence-electron chi connectivity index (χ2n) is 8.36. The monoisotopic (exact) mass is 482 g/mol. The number of aliphatic imine (C=N–C) groups is 1. The van der Waals surface area contributed by atoms with Crippen molar-refractivity contribution < 1.29 is 13.6 Å². The molecule has 1 aromatic heterocycles. The second kappa shape index (κ2) is 10.3. The highest BCUT2D eigenvalue weighted by molar-refractivity contribution is 6.33. The van der Waals surface area contributed by atoms with Crippen LogP contribution in [0.2, 0.25) is 5.02 Å². The number of nitrogens with one attached hydrogen (secondary N) is 2. The Kier molecular flexibility index (Phi) is 7.22. The normalized spacial score (nSPS) is 14.0. The molecule has 0 saturated heterocycles. The molecule has 2 aromatic carbocycles. The predicted molar refractivity (Wildman–Crippen MR) is 130 cm³/mol. The Hall–Kier alpha value is -3.32. The Labute approximate surface area is 202 Å². The summed E-state index contributed by atoms with van der Waals surface area (Å²) in [5.41, 5.74) is 3.30. The molecular weight excluding hydrogens is 458 g/mol. The fourth-order valence-electron chi connectivity index (χ4n) is 3.82. The van der Waals surface area contributed by atoms with Crippen molar-refractivity contribution in [2.45, 2.75) is 39.3 Å². The minimum absolute atomic E-state index is 0.203. The first-order valence-corrected chi connectivity index (χ1v) is 11.5. The van der Waals surface area contributed by atoms with Crippen LogP contribution in [-0.4, -0.2) is 23.3 Å². The Morgan fingerprint density at radius 1 is 1.15 bits per heavy atom. The number of amidine groups is 1. The van der Waals surface area contributed by atoms with Crippen molar-refractivity contribution in [1.29, 1.82) is 0 Å². The number of amides is 1. The zero-order valence-electron chi connectivity index (χ0n) is 19.0. The van der Waals surface area contributed by atoms with Gasteiger partial charge in [0.15, 0.2) is 0 Å². The summed E-state index contributed by atoms with van der Waals surface area (Å²) in [5.74, 6) is -0.192. The number of aromatic nitrogens is 1. The Morgan fingerprint density at radius 3 is 2.68 bits per heavy atom. The summed E-state index contributed by atoms with van der Waals surface area (Å²) >= 11 is 6.27. The lowest BCUT2D eigenvalue weighted by molar-refractivity contribution is 0.0935. The van der Waals surface area contributed by atoms with Crippen molar-refractivity contribution in [1.82, 2.24) is 15.6 Å². The first kappa shape index (κ1) is 23.8. The number of carbonyl (C=O) groups is 1. The molecule has 34 heavy (non-hydrogen) atoms. The highest BCUT2D eigenvalue weighted by Crippen LogP contribution is 2.28. The molecular formula is C26H25ClF2N4O. The average Bonchev–Trinajstić information content (AvgIpc) is 3.33. The summed E-state index contributed by atoms with van der Waals surface area (Å²) in [6.45, 7) is 4.77. The van der Waals surface area contributed by atoms with Gasteiger partial charge in [0.1, 0.15) is 17.3 Å². The number of pyridine rings is 1. The smallest absolute Gasteiger partial charge is 0.270 e. The minimum Gasteiger partial charge on any atom is -0.370 e. The van der Waals surface area contributed by atoms with Gasteiger partial charge in [0.05, 0.1) is 22.6 Å². The Balaban J connectivity index is 1.63. The summed E-state index contributed by atoms with van der Waals surface area (Å²) in [4.78, 5) is 22.1. The average molecular weight is 483 g/mol. The van der Waals surface area contributed by atoms with Gasteiger partial charge in [-0.05, 0) is 73.4 Å². The first-order valence-electron chi connectivity index (χ1n) is 11.1. The van der Waals surface area contributed by atoms with E-state index in [-0.39, 0.29) is 28.5 Å². The van der Waals surface area contributed by atoms with Gasteiger partial charge in [0.2, 0.25) is 0 Å². The van der Waals surface area contributed by atoms with Gasteiger partial charge in [-0.1, -0.05) is 23.7 Å². The molecule has 0 spiro atoms. The zero-order valence-corrected chi connectivity index (χ0v) is 19.7. The van der Waals surface area contributed by atoms with E-state index in [1.165, 1.54) is 18.2 Å². The van der Waals surface area contributed by atoms with Crippen LogP contribution in [0.15, 0.2) is 53.5 Å². The fraction of sp³-hybridized carbons (Fsp3) is 0.269. The molecule has 1 atom stereocenters. The van der Waals surface area contributed by atoms with Crippen molar-refractivity contribution in [2.24, 2.45) is 4.99 Å². The van der Waals surface area contributed by atoms with Gasteiger partial charge in [-0.3, -0.25) is 9.79 Å².